The van der Waals surface area contributed by atoms with Crippen LogP contribution in [0.25, 0.3) is 0 Å². The van der Waals surface area contributed by atoms with Crippen LogP contribution < -0.4 is 5.32 Å². The summed E-state index contributed by atoms with van der Waals surface area (Å²) in [7, 11) is 0. The molecule has 2 aromatic rings. The van der Waals surface area contributed by atoms with Crippen LogP contribution in [0, 0.1) is 5.82 Å². The Hall–Kier alpha value is -1.47. The normalized spacial score (nSPS) is 26.0. The third-order valence-corrected chi connectivity index (χ3v) is 9.96. The first-order valence-electron chi connectivity index (χ1n) is 13.3. The monoisotopic (exact) mass is 639 g/mol. The van der Waals surface area contributed by atoms with Crippen LogP contribution >= 0.6 is 33.9 Å². The Morgan fingerprint density at radius 2 is 1.92 bits per heavy atom. The summed E-state index contributed by atoms with van der Waals surface area (Å²) in [4.78, 5) is 38.0. The SMILES string of the molecule is C[C@@H]1CN(CC(=O)N2CCC[C@H]2c2nc(C(=O)c3ccc(F)cc3)cs2)[C@@H](CN2CCC(I)CC2)CN1. The first-order chi connectivity index (χ1) is 17.9. The maximum absolute atomic E-state index is 13.6. The highest BCUT2D eigenvalue weighted by atomic mass is 127. The molecule has 10 heteroatoms. The fraction of sp³-hybridized carbons (Fsp3) is 0.593. The summed E-state index contributed by atoms with van der Waals surface area (Å²) in [5, 5.41) is 6.18. The van der Waals surface area contributed by atoms with Gasteiger partial charge in [0.25, 0.3) is 0 Å². The second-order valence-electron chi connectivity index (χ2n) is 10.5. The number of piperazine rings is 1. The molecule has 7 nitrogen and oxygen atoms in total. The van der Waals surface area contributed by atoms with Crippen LogP contribution in [0.15, 0.2) is 29.6 Å². The molecule has 0 bridgehead atoms. The largest absolute Gasteiger partial charge is 0.332 e. The van der Waals surface area contributed by atoms with Crippen molar-refractivity contribution in [2.45, 2.75) is 54.7 Å². The van der Waals surface area contributed by atoms with Crippen LogP contribution in [0.4, 0.5) is 4.39 Å². The highest BCUT2D eigenvalue weighted by Gasteiger charge is 2.36. The molecule has 3 atom stereocenters. The zero-order chi connectivity index (χ0) is 25.9. The number of hydrogen-bond donors (Lipinski definition) is 1. The molecule has 3 fully saturated rings. The Morgan fingerprint density at radius 3 is 2.68 bits per heavy atom. The topological polar surface area (TPSA) is 68.8 Å². The van der Waals surface area contributed by atoms with Gasteiger partial charge in [-0.25, -0.2) is 9.37 Å². The maximum atomic E-state index is 13.6. The minimum Gasteiger partial charge on any atom is -0.332 e. The summed E-state index contributed by atoms with van der Waals surface area (Å²) in [6.07, 6.45) is 4.27. The smallest absolute Gasteiger partial charge is 0.237 e. The van der Waals surface area contributed by atoms with Crippen molar-refractivity contribution in [1.82, 2.24) is 25.0 Å². The number of halogens is 2. The molecule has 37 heavy (non-hydrogen) atoms. The van der Waals surface area contributed by atoms with Gasteiger partial charge in [-0.05, 0) is 70.0 Å². The number of nitrogens with one attached hydrogen (secondary N) is 1. The lowest BCUT2D eigenvalue weighted by Crippen LogP contribution is -2.61. The van der Waals surface area contributed by atoms with Gasteiger partial charge in [0.15, 0.2) is 0 Å². The van der Waals surface area contributed by atoms with Crippen LogP contribution in [0.3, 0.4) is 0 Å². The Morgan fingerprint density at radius 1 is 1.16 bits per heavy atom. The molecule has 200 valence electrons. The number of rotatable bonds is 7. The third-order valence-electron chi connectivity index (χ3n) is 7.77. The highest BCUT2D eigenvalue weighted by molar-refractivity contribution is 14.1. The first kappa shape index (κ1) is 27.1. The molecule has 4 heterocycles. The molecule has 1 aromatic heterocycles. The number of piperidine rings is 1. The van der Waals surface area contributed by atoms with Crippen LogP contribution in [0.1, 0.15) is 59.7 Å². The number of aromatic nitrogens is 1. The van der Waals surface area contributed by atoms with E-state index >= 15 is 0 Å². The van der Waals surface area contributed by atoms with Crippen molar-refractivity contribution >= 4 is 45.6 Å². The van der Waals surface area contributed by atoms with Crippen molar-refractivity contribution in [3.8, 4) is 0 Å². The minimum absolute atomic E-state index is 0.0891. The summed E-state index contributed by atoms with van der Waals surface area (Å²) in [6.45, 7) is 8.37. The molecule has 3 saturated heterocycles. The van der Waals surface area contributed by atoms with Gasteiger partial charge in [0.05, 0.1) is 12.6 Å². The van der Waals surface area contributed by atoms with Gasteiger partial charge >= 0.3 is 0 Å². The van der Waals surface area contributed by atoms with E-state index in [1.165, 1.54) is 48.4 Å². The van der Waals surface area contributed by atoms with Gasteiger partial charge in [-0.3, -0.25) is 14.5 Å². The van der Waals surface area contributed by atoms with Crippen molar-refractivity contribution < 1.29 is 14.0 Å². The van der Waals surface area contributed by atoms with Gasteiger partial charge in [-0.2, -0.15) is 0 Å². The van der Waals surface area contributed by atoms with Crippen LogP contribution in [-0.4, -0.2) is 93.2 Å². The Balaban J connectivity index is 1.23. The van der Waals surface area contributed by atoms with E-state index in [9.17, 15) is 14.0 Å². The molecule has 0 unspecified atom stereocenters. The van der Waals surface area contributed by atoms with Gasteiger partial charge in [0.2, 0.25) is 11.7 Å². The molecular formula is C27H35FIN5O2S. The Kier molecular flexibility index (Phi) is 8.90. The summed E-state index contributed by atoms with van der Waals surface area (Å²) in [6, 6.07) is 6.13. The zero-order valence-electron chi connectivity index (χ0n) is 21.2. The molecular weight excluding hydrogens is 604 g/mol. The summed E-state index contributed by atoms with van der Waals surface area (Å²) in [5.41, 5.74) is 0.774. The molecule has 3 aliphatic rings. The predicted molar refractivity (Wildman–Crippen MR) is 152 cm³/mol. The lowest BCUT2D eigenvalue weighted by atomic mass is 10.1. The lowest BCUT2D eigenvalue weighted by molar-refractivity contribution is -0.134. The number of carbonyl (C=O) groups is 2. The summed E-state index contributed by atoms with van der Waals surface area (Å²) >= 11 is 3.99. The van der Waals surface area contributed by atoms with Crippen molar-refractivity contribution in [1.29, 1.82) is 0 Å². The number of carbonyl (C=O) groups excluding carboxylic acids is 2. The molecule has 5 rings (SSSR count). The second kappa shape index (κ2) is 12.1. The molecule has 1 amide bonds. The number of likely N-dealkylation sites (tertiary alicyclic amines) is 2. The van der Waals surface area contributed by atoms with E-state index in [0.717, 1.165) is 61.0 Å². The maximum Gasteiger partial charge on any atom is 0.237 e. The van der Waals surface area contributed by atoms with E-state index in [4.69, 9.17) is 0 Å². The molecule has 0 saturated carbocycles. The molecule has 0 spiro atoms. The first-order valence-corrected chi connectivity index (χ1v) is 15.4. The van der Waals surface area contributed by atoms with Crippen molar-refractivity contribution in [3.63, 3.8) is 0 Å². The number of nitrogens with zero attached hydrogens (tertiary/aromatic N) is 4. The third kappa shape index (κ3) is 6.58. The van der Waals surface area contributed by atoms with Gasteiger partial charge in [-0.1, -0.05) is 22.6 Å². The van der Waals surface area contributed by atoms with Crippen molar-refractivity contribution in [2.24, 2.45) is 0 Å². The summed E-state index contributed by atoms with van der Waals surface area (Å²) < 4.78 is 14.0. The van der Waals surface area contributed by atoms with E-state index in [1.807, 2.05) is 4.90 Å². The average molecular weight is 640 g/mol. The number of ketones is 1. The van der Waals surface area contributed by atoms with Crippen LogP contribution in [-0.2, 0) is 4.79 Å². The van der Waals surface area contributed by atoms with E-state index in [2.05, 4.69) is 49.6 Å². The standard InChI is InChI=1S/C27H35FIN5O2S/c1-18-14-33(22(13-30-18)15-32-11-8-21(29)9-12-32)16-25(35)34-10-2-3-24(34)27-31-23(17-37-27)26(36)19-4-6-20(28)7-5-19/h4-7,17-18,21-22,24,30H,2-3,8-16H2,1H3/t18-,22-,24+/m1/s1. The van der Waals surface area contributed by atoms with Gasteiger partial charge in [0.1, 0.15) is 16.5 Å². The highest BCUT2D eigenvalue weighted by Crippen LogP contribution is 2.34. The number of amides is 1. The molecule has 3 aliphatic heterocycles. The van der Waals surface area contributed by atoms with Gasteiger partial charge in [-0.15, -0.1) is 11.3 Å². The average Bonchev–Trinajstić information content (AvgIpc) is 3.57. The predicted octanol–water partition coefficient (Wildman–Crippen LogP) is 3.74. The van der Waals surface area contributed by atoms with Crippen molar-refractivity contribution in [3.05, 3.63) is 51.7 Å². The van der Waals surface area contributed by atoms with Gasteiger partial charge < -0.3 is 15.1 Å². The molecule has 1 aromatic carbocycles. The number of hydrogen-bond acceptors (Lipinski definition) is 7. The van der Waals surface area contributed by atoms with E-state index in [0.29, 0.717) is 29.9 Å². The molecule has 1 N–H and O–H groups in total. The Bertz CT molecular complexity index is 1090. The fourth-order valence-corrected chi connectivity index (χ4v) is 7.17. The van der Waals surface area contributed by atoms with E-state index in [1.54, 1.807) is 5.38 Å². The van der Waals surface area contributed by atoms with Gasteiger partial charge in [0, 0.05) is 53.1 Å². The molecule has 0 radical (unpaired) electrons. The zero-order valence-corrected chi connectivity index (χ0v) is 24.2. The fourth-order valence-electron chi connectivity index (χ4n) is 5.67. The quantitative estimate of drug-likeness (QED) is 0.283. The number of thiazole rings is 1. The Labute approximate surface area is 235 Å². The molecule has 0 aliphatic carbocycles. The van der Waals surface area contributed by atoms with Crippen molar-refractivity contribution in [2.75, 3.05) is 45.8 Å². The van der Waals surface area contributed by atoms with E-state index in [-0.39, 0.29) is 23.5 Å². The minimum atomic E-state index is -0.373. The van der Waals surface area contributed by atoms with Crippen LogP contribution in [0.5, 0.6) is 0 Å². The number of benzene rings is 1. The summed E-state index contributed by atoms with van der Waals surface area (Å²) in [5.74, 6) is -0.446. The van der Waals surface area contributed by atoms with Crippen LogP contribution in [0.2, 0.25) is 0 Å². The van der Waals surface area contributed by atoms with E-state index < -0.39 is 0 Å². The second-order valence-corrected chi connectivity index (χ2v) is 13.2. The number of alkyl halides is 1. The lowest BCUT2D eigenvalue weighted by Gasteiger charge is -2.43.